The summed E-state index contributed by atoms with van der Waals surface area (Å²) in [4.78, 5) is 26.9. The van der Waals surface area contributed by atoms with Gasteiger partial charge in [-0.2, -0.15) is 0 Å². The zero-order valence-electron chi connectivity index (χ0n) is 22.1. The van der Waals surface area contributed by atoms with Crippen LogP contribution in [0.25, 0.3) is 28.2 Å². The van der Waals surface area contributed by atoms with Gasteiger partial charge in [0, 0.05) is 30.0 Å². The molecule has 1 N–H and O–H groups in total. The molecule has 2 atom stereocenters. The Labute approximate surface area is 231 Å². The van der Waals surface area contributed by atoms with E-state index < -0.39 is 0 Å². The number of carbonyl (C=O) groups excluding carboxylic acids is 1. The number of carbonyl (C=O) groups is 1. The Morgan fingerprint density at radius 3 is 2.60 bits per heavy atom. The molecule has 3 fully saturated rings. The lowest BCUT2D eigenvalue weighted by molar-refractivity contribution is 0.0427. The van der Waals surface area contributed by atoms with Crippen molar-refractivity contribution in [3.8, 4) is 23.0 Å². The van der Waals surface area contributed by atoms with Crippen LogP contribution in [-0.2, 0) is 0 Å². The van der Waals surface area contributed by atoms with Gasteiger partial charge in [0.15, 0.2) is 5.82 Å². The van der Waals surface area contributed by atoms with Crippen LogP contribution in [0.4, 0.5) is 0 Å². The molecular formula is C31H29N7O2. The smallest absolute Gasteiger partial charge is 0.253 e. The third-order valence-corrected chi connectivity index (χ3v) is 8.22. The van der Waals surface area contributed by atoms with Gasteiger partial charge in [0.1, 0.15) is 22.8 Å². The zero-order valence-corrected chi connectivity index (χ0v) is 22.1. The number of hydrogen-bond acceptors (Lipinski definition) is 7. The van der Waals surface area contributed by atoms with Crippen LogP contribution >= 0.6 is 0 Å². The molecule has 8 rings (SSSR count). The zero-order chi connectivity index (χ0) is 27.1. The highest BCUT2D eigenvalue weighted by molar-refractivity contribution is 6.04. The van der Waals surface area contributed by atoms with Crippen molar-refractivity contribution in [1.29, 1.82) is 0 Å². The van der Waals surface area contributed by atoms with Gasteiger partial charge >= 0.3 is 0 Å². The summed E-state index contributed by atoms with van der Waals surface area (Å²) in [5.74, 6) is 3.36. The summed E-state index contributed by atoms with van der Waals surface area (Å²) < 4.78 is 7.71. The molecule has 5 aromatic rings. The number of hydrogen-bond donors (Lipinski definition) is 1. The Kier molecular flexibility index (Phi) is 6.18. The fourth-order valence-corrected chi connectivity index (χ4v) is 6.22. The largest absolute Gasteiger partial charge is 0.492 e. The lowest BCUT2D eigenvalue weighted by Gasteiger charge is -2.51. The van der Waals surface area contributed by atoms with Crippen molar-refractivity contribution < 1.29 is 9.53 Å². The maximum atomic E-state index is 13.5. The first-order valence-electron chi connectivity index (χ1n) is 13.8. The predicted octanol–water partition coefficient (Wildman–Crippen LogP) is 4.98. The van der Waals surface area contributed by atoms with Crippen LogP contribution in [0, 0.1) is 11.8 Å². The maximum absolute atomic E-state index is 13.5. The number of fused-ring (bicyclic) bond motifs is 3. The van der Waals surface area contributed by atoms with Crippen LogP contribution in [0.1, 0.15) is 48.3 Å². The summed E-state index contributed by atoms with van der Waals surface area (Å²) in [7, 11) is 0. The first-order valence-corrected chi connectivity index (χ1v) is 13.8. The number of rotatable bonds is 7. The van der Waals surface area contributed by atoms with Crippen molar-refractivity contribution >= 4 is 16.9 Å². The minimum atomic E-state index is -0.107. The van der Waals surface area contributed by atoms with Crippen molar-refractivity contribution in [2.75, 3.05) is 6.61 Å². The lowest BCUT2D eigenvalue weighted by Crippen LogP contribution is -2.52. The number of nitrogens with one attached hydrogen (secondary N) is 1. The normalized spacial score (nSPS) is 21.5. The van der Waals surface area contributed by atoms with E-state index in [0.29, 0.717) is 40.9 Å². The van der Waals surface area contributed by atoms with Crippen molar-refractivity contribution in [3.63, 3.8) is 0 Å². The number of benzene rings is 1. The third-order valence-electron chi connectivity index (χ3n) is 8.22. The van der Waals surface area contributed by atoms with E-state index in [1.54, 1.807) is 24.7 Å². The standard InChI is InChI=1S/C31H29N7O2/c1-2-40-22-10-11-26(34-18-22)30-37-36-29(38(30)21-7-4-3-5-8-21)24-17-27(20-15-19(24)16-20)35-31(39)23-12-14-32-25-9-6-13-33-28(23)25/h3-14,18-20,24,27H,2,15-17H2,1H3,(H,35,39)/t19?,20?,24-,27?/m0/s1. The van der Waals surface area contributed by atoms with Crippen LogP contribution in [0.2, 0.25) is 0 Å². The summed E-state index contributed by atoms with van der Waals surface area (Å²) in [5, 5.41) is 12.7. The molecule has 40 heavy (non-hydrogen) atoms. The summed E-state index contributed by atoms with van der Waals surface area (Å²) in [6.07, 6.45) is 8.01. The van der Waals surface area contributed by atoms with E-state index in [4.69, 9.17) is 9.84 Å². The second-order valence-corrected chi connectivity index (χ2v) is 10.5. The van der Waals surface area contributed by atoms with E-state index in [1.807, 2.05) is 49.4 Å². The molecule has 9 nitrogen and oxygen atoms in total. The summed E-state index contributed by atoms with van der Waals surface area (Å²) in [6.45, 7) is 2.54. The van der Waals surface area contributed by atoms with Crippen molar-refractivity contribution in [3.05, 3.63) is 90.6 Å². The third kappa shape index (κ3) is 4.27. The minimum Gasteiger partial charge on any atom is -0.492 e. The van der Waals surface area contributed by atoms with Gasteiger partial charge in [-0.05, 0) is 80.5 Å². The van der Waals surface area contributed by atoms with Crippen molar-refractivity contribution in [2.24, 2.45) is 11.8 Å². The molecule has 4 heterocycles. The Hall–Kier alpha value is -4.66. The number of nitrogens with zero attached hydrogens (tertiary/aromatic N) is 6. The highest BCUT2D eigenvalue weighted by atomic mass is 16.5. The average molecular weight is 532 g/mol. The number of para-hydroxylation sites is 1. The summed E-state index contributed by atoms with van der Waals surface area (Å²) >= 11 is 0. The van der Waals surface area contributed by atoms with Crippen LogP contribution in [0.15, 0.2) is 79.3 Å². The molecule has 3 saturated carbocycles. The highest BCUT2D eigenvalue weighted by Crippen LogP contribution is 2.53. The van der Waals surface area contributed by atoms with E-state index in [9.17, 15) is 4.79 Å². The van der Waals surface area contributed by atoms with Gasteiger partial charge in [-0.1, -0.05) is 18.2 Å². The Morgan fingerprint density at radius 1 is 0.925 bits per heavy atom. The molecular weight excluding hydrogens is 502 g/mol. The maximum Gasteiger partial charge on any atom is 0.253 e. The molecule has 9 heteroatoms. The van der Waals surface area contributed by atoms with Gasteiger partial charge in [0.2, 0.25) is 0 Å². The fourth-order valence-electron chi connectivity index (χ4n) is 6.22. The quantitative estimate of drug-likeness (QED) is 0.315. The average Bonchev–Trinajstić information content (AvgIpc) is 3.42. The Balaban J connectivity index is 1.20. The van der Waals surface area contributed by atoms with Gasteiger partial charge in [-0.15, -0.1) is 10.2 Å². The van der Waals surface area contributed by atoms with Crippen LogP contribution in [-0.4, -0.2) is 48.3 Å². The highest BCUT2D eigenvalue weighted by Gasteiger charge is 2.49. The van der Waals surface area contributed by atoms with Crippen molar-refractivity contribution in [1.82, 2.24) is 35.0 Å². The topological polar surface area (TPSA) is 108 Å². The van der Waals surface area contributed by atoms with Crippen molar-refractivity contribution in [2.45, 2.75) is 38.1 Å². The molecule has 4 aromatic heterocycles. The van der Waals surface area contributed by atoms with E-state index in [2.05, 4.69) is 42.1 Å². The van der Waals surface area contributed by atoms with Crippen LogP contribution < -0.4 is 10.1 Å². The van der Waals surface area contributed by atoms with Gasteiger partial charge in [-0.3, -0.25) is 19.3 Å². The van der Waals surface area contributed by atoms with E-state index >= 15 is 0 Å². The van der Waals surface area contributed by atoms with E-state index in [0.717, 1.165) is 42.2 Å². The molecule has 0 saturated heterocycles. The number of ether oxygens (including phenoxy) is 1. The molecule has 1 amide bonds. The minimum absolute atomic E-state index is 0.0439. The molecule has 0 aliphatic heterocycles. The number of pyridine rings is 3. The fraction of sp³-hybridized carbons (Fsp3) is 0.290. The SMILES string of the molecule is CCOc1ccc(-c2nnc([C@H]3CC(NC(=O)c4ccnc5cccnc45)C4CC3C4)n2-c2ccccc2)nc1. The second kappa shape index (κ2) is 10.1. The van der Waals surface area contributed by atoms with Crippen LogP contribution in [0.5, 0.6) is 5.75 Å². The first-order chi connectivity index (χ1) is 19.7. The summed E-state index contributed by atoms with van der Waals surface area (Å²) in [6, 6.07) is 19.5. The Bertz CT molecular complexity index is 1660. The molecule has 0 radical (unpaired) electrons. The van der Waals surface area contributed by atoms with E-state index in [-0.39, 0.29) is 17.9 Å². The molecule has 3 aliphatic carbocycles. The Morgan fingerprint density at radius 2 is 1.80 bits per heavy atom. The lowest BCUT2D eigenvalue weighted by atomic mass is 9.57. The van der Waals surface area contributed by atoms with Crippen LogP contribution in [0.3, 0.4) is 0 Å². The van der Waals surface area contributed by atoms with Gasteiger partial charge < -0.3 is 10.1 Å². The second-order valence-electron chi connectivity index (χ2n) is 10.5. The molecule has 2 bridgehead atoms. The molecule has 200 valence electrons. The molecule has 0 spiro atoms. The van der Waals surface area contributed by atoms with Gasteiger partial charge in [-0.25, -0.2) is 4.98 Å². The monoisotopic (exact) mass is 531 g/mol. The number of aromatic nitrogens is 6. The number of amides is 1. The van der Waals surface area contributed by atoms with Gasteiger partial charge in [0.25, 0.3) is 5.91 Å². The summed E-state index contributed by atoms with van der Waals surface area (Å²) in [5.41, 5.74) is 3.61. The molecule has 3 aliphatic rings. The first kappa shape index (κ1) is 24.4. The van der Waals surface area contributed by atoms with E-state index in [1.165, 1.54) is 0 Å². The predicted molar refractivity (Wildman–Crippen MR) is 150 cm³/mol. The van der Waals surface area contributed by atoms with Gasteiger partial charge in [0.05, 0.1) is 23.9 Å². The molecule has 1 aromatic carbocycles. The molecule has 1 unspecified atom stereocenters.